The maximum atomic E-state index is 13.7. The number of rotatable bonds is 8. The third kappa shape index (κ3) is 4.23. The summed E-state index contributed by atoms with van der Waals surface area (Å²) in [6.45, 7) is 0. The summed E-state index contributed by atoms with van der Waals surface area (Å²) in [5.41, 5.74) is 0.117. The van der Waals surface area contributed by atoms with E-state index < -0.39 is 21.4 Å². The van der Waals surface area contributed by atoms with E-state index in [2.05, 4.69) is 0 Å². The lowest BCUT2D eigenvalue weighted by Gasteiger charge is -2.17. The van der Waals surface area contributed by atoms with E-state index in [-0.39, 0.29) is 50.5 Å². The van der Waals surface area contributed by atoms with E-state index in [9.17, 15) is 29.8 Å². The summed E-state index contributed by atoms with van der Waals surface area (Å²) in [7, 11) is 2.76. The highest BCUT2D eigenvalue weighted by molar-refractivity contribution is 6.26. The maximum Gasteiger partial charge on any atom is 0.269 e. The van der Waals surface area contributed by atoms with Crippen molar-refractivity contribution < 1.29 is 28.9 Å². The van der Waals surface area contributed by atoms with Gasteiger partial charge in [0, 0.05) is 40.8 Å². The average Bonchev–Trinajstić information content (AvgIpc) is 2.90. The molecule has 36 heavy (non-hydrogen) atoms. The van der Waals surface area contributed by atoms with Crippen molar-refractivity contribution in [3.8, 4) is 11.5 Å². The zero-order valence-electron chi connectivity index (χ0n) is 19.1. The molecule has 0 atom stereocenters. The van der Waals surface area contributed by atoms with Crippen molar-refractivity contribution in [1.82, 2.24) is 0 Å². The monoisotopic (exact) mass is 486 g/mol. The molecular weight excluding hydrogens is 468 g/mol. The molecular formula is C26H18N2O8. The van der Waals surface area contributed by atoms with Crippen LogP contribution >= 0.6 is 0 Å². The third-order valence-electron chi connectivity index (χ3n) is 5.68. The van der Waals surface area contributed by atoms with E-state index in [1.54, 1.807) is 24.3 Å². The number of nitro groups is 2. The zero-order chi connectivity index (χ0) is 26.0. The second kappa shape index (κ2) is 9.63. The van der Waals surface area contributed by atoms with E-state index in [0.717, 1.165) is 0 Å². The molecule has 10 nitrogen and oxygen atoms in total. The number of nitro benzene ring substituents is 2. The Balaban J connectivity index is 1.98. The smallest absolute Gasteiger partial charge is 0.269 e. The molecule has 4 rings (SSSR count). The van der Waals surface area contributed by atoms with Gasteiger partial charge < -0.3 is 9.47 Å². The van der Waals surface area contributed by atoms with Gasteiger partial charge in [0.25, 0.3) is 11.4 Å². The SMILES string of the molecule is COc1ccc2ccc(OC)c(C(=O)c3ccc([N+](=O)[O-])cc3)c2c1C(=O)c1ccc([N+](=O)[O-])cc1. The maximum absolute atomic E-state index is 13.7. The molecule has 0 aliphatic carbocycles. The van der Waals surface area contributed by atoms with Crippen molar-refractivity contribution in [1.29, 1.82) is 0 Å². The number of ketones is 2. The topological polar surface area (TPSA) is 139 Å². The van der Waals surface area contributed by atoms with Gasteiger partial charge in [-0.3, -0.25) is 29.8 Å². The van der Waals surface area contributed by atoms with E-state index in [0.29, 0.717) is 5.39 Å². The van der Waals surface area contributed by atoms with Crippen LogP contribution in [0.25, 0.3) is 10.8 Å². The average molecular weight is 486 g/mol. The summed E-state index contributed by atoms with van der Waals surface area (Å²) in [6, 6.07) is 16.7. The Kier molecular flexibility index (Phi) is 6.42. The Hall–Kier alpha value is -5.12. The first-order valence-electron chi connectivity index (χ1n) is 10.5. The van der Waals surface area contributed by atoms with Gasteiger partial charge in [0.2, 0.25) is 0 Å². The summed E-state index contributed by atoms with van der Waals surface area (Å²) >= 11 is 0. The van der Waals surface area contributed by atoms with E-state index in [1.807, 2.05) is 0 Å². The molecule has 0 aliphatic rings. The number of benzene rings is 4. The van der Waals surface area contributed by atoms with Crippen molar-refractivity contribution >= 4 is 33.7 Å². The molecule has 0 radical (unpaired) electrons. The van der Waals surface area contributed by atoms with Gasteiger partial charge in [-0.25, -0.2) is 0 Å². The van der Waals surface area contributed by atoms with Crippen LogP contribution in [-0.2, 0) is 0 Å². The van der Waals surface area contributed by atoms with E-state index in [1.165, 1.54) is 62.8 Å². The van der Waals surface area contributed by atoms with E-state index >= 15 is 0 Å². The van der Waals surface area contributed by atoms with Crippen LogP contribution in [0.4, 0.5) is 11.4 Å². The van der Waals surface area contributed by atoms with Gasteiger partial charge in [-0.15, -0.1) is 0 Å². The third-order valence-corrected chi connectivity index (χ3v) is 5.68. The summed E-state index contributed by atoms with van der Waals surface area (Å²) < 4.78 is 10.9. The molecule has 0 saturated carbocycles. The number of hydrogen-bond acceptors (Lipinski definition) is 8. The molecule has 180 valence electrons. The van der Waals surface area contributed by atoms with Crippen LogP contribution < -0.4 is 9.47 Å². The van der Waals surface area contributed by atoms with Crippen LogP contribution in [0.2, 0.25) is 0 Å². The van der Waals surface area contributed by atoms with Gasteiger partial charge in [-0.2, -0.15) is 0 Å². The number of hydrogen-bond donors (Lipinski definition) is 0. The Labute approximate surface area is 204 Å². The minimum absolute atomic E-state index is 0.0769. The van der Waals surface area contributed by atoms with Crippen molar-refractivity contribution in [3.05, 3.63) is 115 Å². The molecule has 4 aromatic rings. The van der Waals surface area contributed by atoms with E-state index in [4.69, 9.17) is 9.47 Å². The standard InChI is InChI=1S/C26H18N2O8/c1-35-20-13-7-15-8-14-21(36-2)24(26(30)17-5-11-19(12-6-17)28(33)34)22(15)23(20)25(29)16-3-9-18(10-4-16)27(31)32/h3-14H,1-2H3. The van der Waals surface area contributed by atoms with Gasteiger partial charge in [0.1, 0.15) is 11.5 Å². The lowest BCUT2D eigenvalue weighted by Crippen LogP contribution is -2.11. The van der Waals surface area contributed by atoms with Crippen molar-refractivity contribution in [3.63, 3.8) is 0 Å². The summed E-state index contributed by atoms with van der Waals surface area (Å²) in [5, 5.41) is 22.9. The van der Waals surface area contributed by atoms with Crippen molar-refractivity contribution in [2.24, 2.45) is 0 Å². The molecule has 0 N–H and O–H groups in total. The predicted molar refractivity (Wildman–Crippen MR) is 130 cm³/mol. The molecule has 0 bridgehead atoms. The minimum atomic E-state index is -0.571. The van der Waals surface area contributed by atoms with Gasteiger partial charge in [0.05, 0.1) is 35.2 Å². The number of carbonyl (C=O) groups is 2. The molecule has 0 unspecified atom stereocenters. The van der Waals surface area contributed by atoms with Crippen LogP contribution in [0.5, 0.6) is 11.5 Å². The predicted octanol–water partition coefficient (Wildman–Crippen LogP) is 5.14. The number of carbonyl (C=O) groups excluding carboxylic acids is 2. The number of methoxy groups -OCH3 is 2. The number of fused-ring (bicyclic) bond motifs is 1. The Morgan fingerprint density at radius 3 is 1.28 bits per heavy atom. The van der Waals surface area contributed by atoms with Crippen molar-refractivity contribution in [2.75, 3.05) is 14.2 Å². The van der Waals surface area contributed by atoms with Crippen LogP contribution in [0.3, 0.4) is 0 Å². The fourth-order valence-electron chi connectivity index (χ4n) is 3.93. The molecule has 0 heterocycles. The van der Waals surface area contributed by atoms with Gasteiger partial charge in [-0.05, 0) is 41.8 Å². The molecule has 10 heteroatoms. The molecule has 0 fully saturated rings. The van der Waals surface area contributed by atoms with Gasteiger partial charge >= 0.3 is 0 Å². The fourth-order valence-corrected chi connectivity index (χ4v) is 3.93. The van der Waals surface area contributed by atoms with Crippen molar-refractivity contribution in [2.45, 2.75) is 0 Å². The number of nitrogens with zero attached hydrogens (tertiary/aromatic N) is 2. The Morgan fingerprint density at radius 2 is 0.972 bits per heavy atom. The molecule has 0 spiro atoms. The first kappa shape index (κ1) is 24.0. The summed E-state index contributed by atoms with van der Waals surface area (Å²) in [5.74, 6) is -0.648. The quantitative estimate of drug-likeness (QED) is 0.190. The minimum Gasteiger partial charge on any atom is -0.496 e. The second-order valence-electron chi connectivity index (χ2n) is 7.65. The fraction of sp³-hybridized carbons (Fsp3) is 0.0769. The Bertz CT molecular complexity index is 1410. The molecule has 0 amide bonds. The lowest BCUT2D eigenvalue weighted by atomic mass is 9.89. The summed E-state index contributed by atoms with van der Waals surface area (Å²) in [4.78, 5) is 48.3. The van der Waals surface area contributed by atoms with Crippen LogP contribution in [0.1, 0.15) is 31.8 Å². The van der Waals surface area contributed by atoms with Gasteiger partial charge in [-0.1, -0.05) is 12.1 Å². The van der Waals surface area contributed by atoms with Crippen LogP contribution in [-0.4, -0.2) is 35.6 Å². The first-order valence-corrected chi connectivity index (χ1v) is 10.5. The number of ether oxygens (including phenoxy) is 2. The molecule has 4 aromatic carbocycles. The second-order valence-corrected chi connectivity index (χ2v) is 7.65. The lowest BCUT2D eigenvalue weighted by molar-refractivity contribution is -0.385. The molecule has 0 aliphatic heterocycles. The zero-order valence-corrected chi connectivity index (χ0v) is 19.1. The molecule has 0 saturated heterocycles. The molecule has 0 aromatic heterocycles. The number of non-ortho nitro benzene ring substituents is 2. The first-order chi connectivity index (χ1) is 17.3. The normalized spacial score (nSPS) is 10.6. The largest absolute Gasteiger partial charge is 0.496 e. The van der Waals surface area contributed by atoms with Crippen LogP contribution in [0, 0.1) is 20.2 Å². The highest BCUT2D eigenvalue weighted by atomic mass is 16.6. The van der Waals surface area contributed by atoms with Crippen LogP contribution in [0.15, 0.2) is 72.8 Å². The highest BCUT2D eigenvalue weighted by Crippen LogP contribution is 2.38. The highest BCUT2D eigenvalue weighted by Gasteiger charge is 2.26. The summed E-state index contributed by atoms with van der Waals surface area (Å²) in [6.07, 6.45) is 0. The Morgan fingerprint density at radius 1 is 0.611 bits per heavy atom. The van der Waals surface area contributed by atoms with Gasteiger partial charge in [0.15, 0.2) is 11.6 Å².